The largest absolute Gasteiger partial charge is 0.358 e. The Balaban J connectivity index is 3.13. The predicted molar refractivity (Wildman–Crippen MR) is 36.2 cm³/mol. The first-order valence-electron chi connectivity index (χ1n) is 2.89. The minimum atomic E-state index is -0.0941. The number of aldehydes is 1. The molecule has 1 heterocycles. The molecule has 52 valence electrons. The van der Waals surface area contributed by atoms with Crippen molar-refractivity contribution in [2.75, 3.05) is 0 Å². The molecule has 0 bridgehead atoms. The highest BCUT2D eigenvalue weighted by Crippen LogP contribution is 2.03. The lowest BCUT2D eigenvalue weighted by molar-refractivity contribution is 0.100. The van der Waals surface area contributed by atoms with Crippen LogP contribution in [0.2, 0.25) is 0 Å². The van der Waals surface area contributed by atoms with E-state index in [1.54, 1.807) is 12.3 Å². The second-order valence-electron chi connectivity index (χ2n) is 1.98. The van der Waals surface area contributed by atoms with E-state index >= 15 is 0 Å². The lowest BCUT2D eigenvalue weighted by atomic mass is 10.2. The molecule has 0 saturated heterocycles. The maximum atomic E-state index is 10.7. The van der Waals surface area contributed by atoms with Crippen molar-refractivity contribution < 1.29 is 9.59 Å². The van der Waals surface area contributed by atoms with E-state index in [4.69, 9.17) is 0 Å². The summed E-state index contributed by atoms with van der Waals surface area (Å²) in [5.74, 6) is -0.0941. The highest BCUT2D eigenvalue weighted by molar-refractivity contribution is 6.00. The van der Waals surface area contributed by atoms with Gasteiger partial charge >= 0.3 is 0 Å². The van der Waals surface area contributed by atoms with E-state index in [-0.39, 0.29) is 5.78 Å². The number of rotatable bonds is 2. The summed E-state index contributed by atoms with van der Waals surface area (Å²) in [6.45, 7) is 1.43. The number of aromatic nitrogens is 1. The number of nitrogens with one attached hydrogen (secondary N) is 1. The molecule has 10 heavy (non-hydrogen) atoms. The Morgan fingerprint density at radius 3 is 2.80 bits per heavy atom. The van der Waals surface area contributed by atoms with Crippen molar-refractivity contribution >= 4 is 12.1 Å². The van der Waals surface area contributed by atoms with Crippen LogP contribution in [0.4, 0.5) is 0 Å². The highest BCUT2D eigenvalue weighted by Gasteiger charge is 2.05. The van der Waals surface area contributed by atoms with Crippen LogP contribution in [-0.2, 0) is 0 Å². The number of aromatic amines is 1. The summed E-state index contributed by atoms with van der Waals surface area (Å²) in [5.41, 5.74) is 0.808. The molecular formula is C7H7NO2. The topological polar surface area (TPSA) is 49.9 Å². The molecule has 1 aromatic heterocycles. The van der Waals surface area contributed by atoms with Crippen LogP contribution >= 0.6 is 0 Å². The van der Waals surface area contributed by atoms with Crippen molar-refractivity contribution in [3.63, 3.8) is 0 Å². The summed E-state index contributed by atoms with van der Waals surface area (Å²) < 4.78 is 0. The van der Waals surface area contributed by atoms with Gasteiger partial charge in [0.15, 0.2) is 12.1 Å². The smallest absolute Gasteiger partial charge is 0.166 e. The van der Waals surface area contributed by atoms with Gasteiger partial charge in [-0.1, -0.05) is 0 Å². The maximum Gasteiger partial charge on any atom is 0.166 e. The van der Waals surface area contributed by atoms with E-state index in [1.165, 1.54) is 6.92 Å². The predicted octanol–water partition coefficient (Wildman–Crippen LogP) is 1.03. The van der Waals surface area contributed by atoms with Crippen LogP contribution in [0.1, 0.15) is 27.8 Å². The van der Waals surface area contributed by atoms with Gasteiger partial charge in [-0.15, -0.1) is 0 Å². The molecule has 3 heteroatoms. The molecule has 1 N–H and O–H groups in total. The van der Waals surface area contributed by atoms with Gasteiger partial charge in [0.2, 0.25) is 0 Å². The fourth-order valence-electron chi connectivity index (χ4n) is 0.787. The second-order valence-corrected chi connectivity index (χ2v) is 1.98. The summed E-state index contributed by atoms with van der Waals surface area (Å²) in [4.78, 5) is 23.6. The van der Waals surface area contributed by atoms with E-state index in [2.05, 4.69) is 4.98 Å². The van der Waals surface area contributed by atoms with Crippen LogP contribution < -0.4 is 0 Å². The molecule has 0 spiro atoms. The Morgan fingerprint density at radius 1 is 1.70 bits per heavy atom. The van der Waals surface area contributed by atoms with Gasteiger partial charge in [0.05, 0.1) is 5.69 Å². The third-order valence-electron chi connectivity index (χ3n) is 1.28. The van der Waals surface area contributed by atoms with Crippen molar-refractivity contribution in [1.29, 1.82) is 0 Å². The number of hydrogen-bond donors (Lipinski definition) is 1. The van der Waals surface area contributed by atoms with Gasteiger partial charge in [0.1, 0.15) is 0 Å². The van der Waals surface area contributed by atoms with E-state index in [1.807, 2.05) is 0 Å². The zero-order valence-electron chi connectivity index (χ0n) is 5.55. The van der Waals surface area contributed by atoms with Crippen LogP contribution in [0.25, 0.3) is 0 Å². The molecule has 0 aromatic carbocycles. The number of H-pyrrole nitrogens is 1. The van der Waals surface area contributed by atoms with Gasteiger partial charge in [-0.05, 0) is 13.0 Å². The summed E-state index contributed by atoms with van der Waals surface area (Å²) in [5, 5.41) is 0. The lowest BCUT2D eigenvalue weighted by Crippen LogP contribution is -1.94. The molecule has 0 radical (unpaired) electrons. The second kappa shape index (κ2) is 2.47. The van der Waals surface area contributed by atoms with Crippen LogP contribution in [0.15, 0.2) is 12.3 Å². The van der Waals surface area contributed by atoms with E-state index in [0.717, 1.165) is 0 Å². The summed E-state index contributed by atoms with van der Waals surface area (Å²) in [7, 11) is 0. The fraction of sp³-hybridized carbons (Fsp3) is 0.143. The third kappa shape index (κ3) is 0.978. The van der Waals surface area contributed by atoms with Crippen molar-refractivity contribution in [3.8, 4) is 0 Å². The Morgan fingerprint density at radius 2 is 2.40 bits per heavy atom. The van der Waals surface area contributed by atoms with Gasteiger partial charge < -0.3 is 4.98 Å². The molecule has 0 fully saturated rings. The average molecular weight is 137 g/mol. The summed E-state index contributed by atoms with van der Waals surface area (Å²) in [6, 6.07) is 1.59. The van der Waals surface area contributed by atoms with Crippen LogP contribution in [0.3, 0.4) is 0 Å². The van der Waals surface area contributed by atoms with Crippen LogP contribution in [0, 0.1) is 0 Å². The molecular weight excluding hydrogens is 130 g/mol. The van der Waals surface area contributed by atoms with Crippen LogP contribution in [-0.4, -0.2) is 17.1 Å². The average Bonchev–Trinajstić information content (AvgIpc) is 2.33. The van der Waals surface area contributed by atoms with Crippen molar-refractivity contribution in [1.82, 2.24) is 4.98 Å². The zero-order chi connectivity index (χ0) is 7.56. The molecule has 0 aliphatic heterocycles. The Kier molecular flexibility index (Phi) is 1.67. The minimum absolute atomic E-state index is 0.0941. The Hall–Kier alpha value is -1.38. The SMILES string of the molecule is CC(=O)c1cc[nH]c1C=O. The van der Waals surface area contributed by atoms with Crippen LogP contribution in [0.5, 0.6) is 0 Å². The first-order chi connectivity index (χ1) is 4.75. The summed E-state index contributed by atoms with van der Waals surface area (Å²) in [6.07, 6.45) is 2.21. The Labute approximate surface area is 58.1 Å². The monoisotopic (exact) mass is 137 g/mol. The number of Topliss-reactive ketones (excluding diaryl/α,β-unsaturated/α-hetero) is 1. The van der Waals surface area contributed by atoms with Gasteiger partial charge in [-0.3, -0.25) is 9.59 Å². The molecule has 1 aromatic rings. The van der Waals surface area contributed by atoms with Gasteiger partial charge in [-0.2, -0.15) is 0 Å². The summed E-state index contributed by atoms with van der Waals surface area (Å²) >= 11 is 0. The molecule has 0 aliphatic rings. The first-order valence-corrected chi connectivity index (χ1v) is 2.89. The highest BCUT2D eigenvalue weighted by atomic mass is 16.1. The number of hydrogen-bond acceptors (Lipinski definition) is 2. The fourth-order valence-corrected chi connectivity index (χ4v) is 0.787. The number of ketones is 1. The first kappa shape index (κ1) is 6.74. The van der Waals surface area contributed by atoms with E-state index in [0.29, 0.717) is 17.5 Å². The Bertz CT molecular complexity index is 262. The molecule has 3 nitrogen and oxygen atoms in total. The normalized spacial score (nSPS) is 9.30. The molecule has 0 unspecified atom stereocenters. The molecule has 0 amide bonds. The van der Waals surface area contributed by atoms with Gasteiger partial charge in [0, 0.05) is 11.8 Å². The zero-order valence-corrected chi connectivity index (χ0v) is 5.55. The molecule has 0 atom stereocenters. The van der Waals surface area contributed by atoms with Crippen molar-refractivity contribution in [3.05, 3.63) is 23.5 Å². The standard InChI is InChI=1S/C7H7NO2/c1-5(10)6-2-3-8-7(6)4-9/h2-4,8H,1H3. The van der Waals surface area contributed by atoms with Crippen molar-refractivity contribution in [2.45, 2.75) is 6.92 Å². The quantitative estimate of drug-likeness (QED) is 0.489. The lowest BCUT2D eigenvalue weighted by Gasteiger charge is -1.87. The van der Waals surface area contributed by atoms with E-state index < -0.39 is 0 Å². The molecule has 0 saturated carbocycles. The third-order valence-corrected chi connectivity index (χ3v) is 1.28. The minimum Gasteiger partial charge on any atom is -0.358 e. The van der Waals surface area contributed by atoms with Crippen molar-refractivity contribution in [2.24, 2.45) is 0 Å². The molecule has 1 rings (SSSR count). The van der Waals surface area contributed by atoms with E-state index in [9.17, 15) is 9.59 Å². The number of carbonyl (C=O) groups excluding carboxylic acids is 2. The van der Waals surface area contributed by atoms with Gasteiger partial charge in [0.25, 0.3) is 0 Å². The number of carbonyl (C=O) groups is 2. The molecule has 0 aliphatic carbocycles. The maximum absolute atomic E-state index is 10.7. The van der Waals surface area contributed by atoms with Gasteiger partial charge in [-0.25, -0.2) is 0 Å².